The van der Waals surface area contributed by atoms with Gasteiger partial charge in [0.2, 0.25) is 12.7 Å². The number of piperazine rings is 1. The highest BCUT2D eigenvalue weighted by Crippen LogP contribution is 2.30. The summed E-state index contributed by atoms with van der Waals surface area (Å²) >= 11 is 0. The lowest BCUT2D eigenvalue weighted by atomic mass is 10.1. The summed E-state index contributed by atoms with van der Waals surface area (Å²) in [6, 6.07) is 12.5. The minimum atomic E-state index is 0. The molecular weight excluding hydrogens is 551 g/mol. The average molecular weight is 586 g/mol. The van der Waals surface area contributed by atoms with Crippen LogP contribution in [0.25, 0.3) is 0 Å². The lowest BCUT2D eigenvalue weighted by Crippen LogP contribution is -3.00. The number of aromatic nitrogens is 6. The van der Waals surface area contributed by atoms with Crippen molar-refractivity contribution in [2.24, 2.45) is 48.6 Å². The standard InChI is InChI=1S/C26H34N12.2ClH/c1-19-15-21(29-31-25-33(3)17-27-35(25)5)7-9-23(19)37-11-13-38(14-12-37)24-10-8-22(16-20(24)2)30-32-26-34(4)18-28-36(26)6;;/h7-10,15-18H,11-14H2,1-6H3;2*1H/q+2;;/p-2. The molecule has 0 N–H and O–H groups in total. The molecule has 4 aromatic rings. The number of hydrogen-bond acceptors (Lipinski definition) is 8. The molecule has 14 heteroatoms. The first-order valence-electron chi connectivity index (χ1n) is 12.6. The van der Waals surface area contributed by atoms with Crippen molar-refractivity contribution >= 4 is 34.6 Å². The quantitative estimate of drug-likeness (QED) is 0.186. The summed E-state index contributed by atoms with van der Waals surface area (Å²) < 4.78 is 7.08. The van der Waals surface area contributed by atoms with Crippen molar-refractivity contribution in [2.75, 3.05) is 36.0 Å². The molecule has 40 heavy (non-hydrogen) atoms. The van der Waals surface area contributed by atoms with Gasteiger partial charge in [0.15, 0.2) is 0 Å². The van der Waals surface area contributed by atoms with Gasteiger partial charge in [-0.25, -0.2) is 9.13 Å². The van der Waals surface area contributed by atoms with Crippen LogP contribution in [0.5, 0.6) is 0 Å². The number of azo groups is 2. The largest absolute Gasteiger partial charge is 1.00 e. The van der Waals surface area contributed by atoms with E-state index in [1.54, 1.807) is 22.0 Å². The number of rotatable bonds is 6. The number of halogens is 2. The van der Waals surface area contributed by atoms with Gasteiger partial charge in [-0.05, 0) is 71.6 Å². The van der Waals surface area contributed by atoms with Crippen LogP contribution in [0.15, 0.2) is 69.5 Å². The molecule has 0 spiro atoms. The number of nitrogens with zero attached hydrogens (tertiary/aromatic N) is 12. The molecule has 212 valence electrons. The van der Waals surface area contributed by atoms with Crippen LogP contribution in [0.2, 0.25) is 0 Å². The second kappa shape index (κ2) is 13.0. The van der Waals surface area contributed by atoms with E-state index in [2.05, 4.69) is 78.6 Å². The summed E-state index contributed by atoms with van der Waals surface area (Å²) in [5.74, 6) is 1.38. The second-order valence-electron chi connectivity index (χ2n) is 9.65. The van der Waals surface area contributed by atoms with E-state index in [9.17, 15) is 0 Å². The van der Waals surface area contributed by atoms with E-state index in [4.69, 9.17) is 0 Å². The van der Waals surface area contributed by atoms with Crippen LogP contribution in [0.1, 0.15) is 11.1 Å². The molecule has 3 heterocycles. The maximum absolute atomic E-state index is 4.42. The first kappa shape index (κ1) is 30.6. The molecular formula is C26H34Cl2N12. The average Bonchev–Trinajstić information content (AvgIpc) is 3.40. The van der Waals surface area contributed by atoms with Gasteiger partial charge in [-0.3, -0.25) is 0 Å². The Morgan fingerprint density at radius 3 is 1.30 bits per heavy atom. The molecule has 0 aliphatic carbocycles. The van der Waals surface area contributed by atoms with E-state index in [-0.39, 0.29) is 24.8 Å². The van der Waals surface area contributed by atoms with Gasteiger partial charge in [0, 0.05) is 47.8 Å². The number of aryl methyl sites for hydroxylation is 6. The van der Waals surface area contributed by atoms with Gasteiger partial charge in [0.05, 0.1) is 39.6 Å². The normalized spacial score (nSPS) is 13.7. The molecule has 1 saturated heterocycles. The van der Waals surface area contributed by atoms with Gasteiger partial charge < -0.3 is 34.6 Å². The molecule has 0 amide bonds. The van der Waals surface area contributed by atoms with Crippen LogP contribution < -0.4 is 43.7 Å². The Hall–Kier alpha value is -3.90. The van der Waals surface area contributed by atoms with Crippen LogP contribution in [0.4, 0.5) is 34.6 Å². The second-order valence-corrected chi connectivity index (χ2v) is 9.65. The molecule has 1 fully saturated rings. The minimum absolute atomic E-state index is 0. The van der Waals surface area contributed by atoms with Gasteiger partial charge in [0.1, 0.15) is 0 Å². The van der Waals surface area contributed by atoms with Crippen molar-refractivity contribution in [1.82, 2.24) is 19.6 Å². The monoisotopic (exact) mass is 584 g/mol. The summed E-state index contributed by atoms with van der Waals surface area (Å²) in [6.45, 7) is 8.06. The third-order valence-corrected chi connectivity index (χ3v) is 6.84. The Bertz CT molecular complexity index is 1360. The Morgan fingerprint density at radius 1 is 0.625 bits per heavy atom. The summed E-state index contributed by atoms with van der Waals surface area (Å²) in [6.07, 6.45) is 3.43. The van der Waals surface area contributed by atoms with Gasteiger partial charge >= 0.3 is 11.9 Å². The van der Waals surface area contributed by atoms with Gasteiger partial charge in [-0.2, -0.15) is 0 Å². The fourth-order valence-corrected chi connectivity index (χ4v) is 4.75. The molecule has 2 aromatic heterocycles. The highest BCUT2D eigenvalue weighted by molar-refractivity contribution is 5.62. The van der Waals surface area contributed by atoms with Crippen molar-refractivity contribution in [3.63, 3.8) is 0 Å². The van der Waals surface area contributed by atoms with Crippen molar-refractivity contribution in [3.05, 3.63) is 60.2 Å². The summed E-state index contributed by atoms with van der Waals surface area (Å²) in [7, 11) is 7.52. The lowest BCUT2D eigenvalue weighted by molar-refractivity contribution is -0.659. The van der Waals surface area contributed by atoms with Crippen LogP contribution >= 0.6 is 0 Å². The zero-order chi connectivity index (χ0) is 26.8. The van der Waals surface area contributed by atoms with Crippen LogP contribution in [0, 0.1) is 13.8 Å². The van der Waals surface area contributed by atoms with Crippen LogP contribution in [-0.2, 0) is 28.2 Å². The summed E-state index contributed by atoms with van der Waals surface area (Å²) in [5, 5.41) is 25.9. The molecule has 0 saturated carbocycles. The van der Waals surface area contributed by atoms with Crippen molar-refractivity contribution in [1.29, 1.82) is 0 Å². The molecule has 0 atom stereocenters. The van der Waals surface area contributed by atoms with Gasteiger partial charge in [-0.1, -0.05) is 10.2 Å². The maximum atomic E-state index is 4.42. The Labute approximate surface area is 246 Å². The smallest absolute Gasteiger partial charge is 0.403 e. The van der Waals surface area contributed by atoms with Crippen LogP contribution in [0.3, 0.4) is 0 Å². The summed E-state index contributed by atoms with van der Waals surface area (Å²) in [4.78, 5) is 4.89. The van der Waals surface area contributed by atoms with Crippen LogP contribution in [-0.4, -0.2) is 45.7 Å². The molecule has 2 aromatic carbocycles. The number of anilines is 2. The Kier molecular flexibility index (Phi) is 9.93. The van der Waals surface area contributed by atoms with E-state index in [0.29, 0.717) is 11.9 Å². The predicted molar refractivity (Wildman–Crippen MR) is 144 cm³/mol. The maximum Gasteiger partial charge on any atom is 0.403 e. The highest BCUT2D eigenvalue weighted by Gasteiger charge is 2.20. The lowest BCUT2D eigenvalue weighted by Gasteiger charge is -2.38. The predicted octanol–water partition coefficient (Wildman–Crippen LogP) is -2.42. The van der Waals surface area contributed by atoms with E-state index in [1.165, 1.54) is 22.5 Å². The fourth-order valence-electron chi connectivity index (χ4n) is 4.75. The molecule has 1 aliphatic rings. The third-order valence-electron chi connectivity index (χ3n) is 6.84. The first-order chi connectivity index (χ1) is 18.3. The van der Waals surface area contributed by atoms with Crippen molar-refractivity contribution in [2.45, 2.75) is 13.8 Å². The zero-order valence-corrected chi connectivity index (χ0v) is 25.1. The number of benzene rings is 2. The molecule has 0 radical (unpaired) electrons. The zero-order valence-electron chi connectivity index (χ0n) is 23.6. The highest BCUT2D eigenvalue weighted by atomic mass is 35.5. The molecule has 0 bridgehead atoms. The molecule has 1 aliphatic heterocycles. The third kappa shape index (κ3) is 6.45. The topological polar surface area (TPSA) is 99.3 Å². The SMILES string of the molecule is Cc1cc(/N=N/c2n(C)nc[n+]2C)ccc1N1CCN(c2ccc(/N=N/c3n(C)nc[n+]3C)cc2C)CC1.[Cl-].[Cl-]. The van der Waals surface area contributed by atoms with E-state index in [0.717, 1.165) is 37.6 Å². The van der Waals surface area contributed by atoms with E-state index >= 15 is 0 Å². The van der Waals surface area contributed by atoms with E-state index < -0.39 is 0 Å². The minimum Gasteiger partial charge on any atom is -1.00 e. The molecule has 5 rings (SSSR count). The fraction of sp³-hybridized carbons (Fsp3) is 0.385. The summed E-state index contributed by atoms with van der Waals surface area (Å²) in [5.41, 5.74) is 6.53. The van der Waals surface area contributed by atoms with Gasteiger partial charge in [-0.15, -0.1) is 9.36 Å². The van der Waals surface area contributed by atoms with Crippen molar-refractivity contribution < 1.29 is 33.9 Å². The van der Waals surface area contributed by atoms with Crippen molar-refractivity contribution in [3.8, 4) is 0 Å². The Balaban J connectivity index is 0.00000220. The molecule has 12 nitrogen and oxygen atoms in total. The van der Waals surface area contributed by atoms with E-state index in [1.807, 2.05) is 49.5 Å². The molecule has 0 unspecified atom stereocenters. The Morgan fingerprint density at radius 2 is 1.00 bits per heavy atom. The number of hydrogen-bond donors (Lipinski definition) is 0. The first-order valence-corrected chi connectivity index (χ1v) is 12.6. The van der Waals surface area contributed by atoms with Gasteiger partial charge in [0.25, 0.3) is 0 Å².